The molecule has 3 aromatic carbocycles. The summed E-state index contributed by atoms with van der Waals surface area (Å²) in [6, 6.07) is 24.5. The summed E-state index contributed by atoms with van der Waals surface area (Å²) in [5.41, 5.74) is 9.67. The van der Waals surface area contributed by atoms with Gasteiger partial charge in [-0.2, -0.15) is 0 Å². The van der Waals surface area contributed by atoms with E-state index in [2.05, 4.69) is 17.4 Å². The van der Waals surface area contributed by atoms with Crippen molar-refractivity contribution < 1.29 is 19.1 Å². The highest BCUT2D eigenvalue weighted by atomic mass is 16.5. The zero-order valence-electron chi connectivity index (χ0n) is 22.1. The van der Waals surface area contributed by atoms with Gasteiger partial charge in [0.2, 0.25) is 5.91 Å². The Hall–Kier alpha value is -4.46. The molecule has 0 radical (unpaired) electrons. The summed E-state index contributed by atoms with van der Waals surface area (Å²) in [6.07, 6.45) is 2.16. The molecule has 1 saturated heterocycles. The number of benzene rings is 3. The fourth-order valence-corrected chi connectivity index (χ4v) is 5.01. The van der Waals surface area contributed by atoms with Gasteiger partial charge in [-0.1, -0.05) is 66.7 Å². The maximum Gasteiger partial charge on any atom is 0.306 e. The minimum Gasteiger partial charge on any atom is -0.469 e. The van der Waals surface area contributed by atoms with E-state index < -0.39 is 11.9 Å². The van der Waals surface area contributed by atoms with E-state index in [0.717, 1.165) is 24.0 Å². The van der Waals surface area contributed by atoms with Crippen LogP contribution >= 0.6 is 0 Å². The first-order chi connectivity index (χ1) is 18.9. The highest BCUT2D eigenvalue weighted by Crippen LogP contribution is 2.28. The fourth-order valence-electron chi connectivity index (χ4n) is 5.01. The minimum absolute atomic E-state index is 0.00278. The van der Waals surface area contributed by atoms with Crippen molar-refractivity contribution in [2.75, 3.05) is 20.2 Å². The molecule has 202 valence electrons. The quantitative estimate of drug-likeness (QED) is 0.199. The lowest BCUT2D eigenvalue weighted by atomic mass is 10.0. The number of nitrogens with one attached hydrogen (secondary N) is 2. The lowest BCUT2D eigenvalue weighted by Crippen LogP contribution is -2.42. The van der Waals surface area contributed by atoms with Crippen LogP contribution in [0.4, 0.5) is 0 Å². The monoisotopic (exact) mass is 526 g/mol. The van der Waals surface area contributed by atoms with Crippen LogP contribution in [0.25, 0.3) is 11.1 Å². The average molecular weight is 527 g/mol. The third kappa shape index (κ3) is 7.10. The maximum atomic E-state index is 13.2. The van der Waals surface area contributed by atoms with Gasteiger partial charge in [0, 0.05) is 30.3 Å². The molecule has 0 saturated carbocycles. The van der Waals surface area contributed by atoms with Gasteiger partial charge in [0.15, 0.2) is 0 Å². The maximum absolute atomic E-state index is 13.2. The highest BCUT2D eigenvalue weighted by molar-refractivity contribution is 5.96. The van der Waals surface area contributed by atoms with E-state index >= 15 is 0 Å². The predicted octanol–water partition coefficient (Wildman–Crippen LogP) is 3.78. The number of ether oxygens (including phenoxy) is 1. The molecule has 2 atom stereocenters. The summed E-state index contributed by atoms with van der Waals surface area (Å²) in [7, 11) is 1.32. The number of amidine groups is 1. The van der Waals surface area contributed by atoms with Gasteiger partial charge >= 0.3 is 5.97 Å². The number of carbonyl (C=O) groups is 3. The molecule has 1 aliphatic rings. The Morgan fingerprint density at radius 1 is 1.00 bits per heavy atom. The summed E-state index contributed by atoms with van der Waals surface area (Å²) in [5, 5.41) is 10.6. The molecular weight excluding hydrogens is 492 g/mol. The molecule has 4 rings (SSSR count). The molecule has 39 heavy (non-hydrogen) atoms. The Morgan fingerprint density at radius 3 is 2.44 bits per heavy atom. The standard InChI is InChI=1S/C31H34N4O4/c1-39-28(36)19-26-18-27(35(31(26)38)16-6-9-21-7-3-2-4-8-21)20-34-30(37)25-11-5-10-24(17-25)22-12-14-23(15-13-22)29(32)33/h2-5,7-8,10-15,17,26-27H,6,9,16,18-20H2,1H3,(H3,32,33)(H,34,37)/t26-,27-/m0/s1. The lowest BCUT2D eigenvalue weighted by molar-refractivity contribution is -0.144. The third-order valence-electron chi connectivity index (χ3n) is 7.13. The molecular formula is C31H34N4O4. The second kappa shape index (κ2) is 12.9. The molecule has 2 amide bonds. The van der Waals surface area contributed by atoms with Crippen molar-refractivity contribution in [3.05, 3.63) is 95.6 Å². The van der Waals surface area contributed by atoms with E-state index in [9.17, 15) is 14.4 Å². The fraction of sp³-hybridized carbons (Fsp3) is 0.290. The van der Waals surface area contributed by atoms with E-state index in [1.54, 1.807) is 18.2 Å². The molecule has 0 unspecified atom stereocenters. The summed E-state index contributed by atoms with van der Waals surface area (Å²) >= 11 is 0. The van der Waals surface area contributed by atoms with Gasteiger partial charge in [-0.05, 0) is 48.1 Å². The number of nitrogens with zero attached hydrogens (tertiary/aromatic N) is 1. The van der Waals surface area contributed by atoms with Crippen molar-refractivity contribution >= 4 is 23.6 Å². The van der Waals surface area contributed by atoms with Gasteiger partial charge in [-0.25, -0.2) is 0 Å². The second-order valence-corrected chi connectivity index (χ2v) is 9.77. The van der Waals surface area contributed by atoms with E-state index in [0.29, 0.717) is 30.6 Å². The normalized spacial score (nSPS) is 16.6. The highest BCUT2D eigenvalue weighted by Gasteiger charge is 2.40. The number of nitrogen functional groups attached to an aromatic ring is 1. The summed E-state index contributed by atoms with van der Waals surface area (Å²) in [5.74, 6) is -1.15. The first-order valence-electron chi connectivity index (χ1n) is 13.1. The molecule has 0 aliphatic carbocycles. The van der Waals surface area contributed by atoms with Gasteiger partial charge in [0.25, 0.3) is 5.91 Å². The van der Waals surface area contributed by atoms with Crippen LogP contribution < -0.4 is 11.1 Å². The summed E-state index contributed by atoms with van der Waals surface area (Å²) in [6.45, 7) is 0.850. The van der Waals surface area contributed by atoms with Crippen LogP contribution in [0.15, 0.2) is 78.9 Å². The Morgan fingerprint density at radius 2 is 1.74 bits per heavy atom. The zero-order chi connectivity index (χ0) is 27.8. The Balaban J connectivity index is 1.41. The van der Waals surface area contributed by atoms with E-state index in [-0.39, 0.29) is 30.1 Å². The first kappa shape index (κ1) is 27.6. The Bertz CT molecular complexity index is 1320. The van der Waals surface area contributed by atoms with Crippen molar-refractivity contribution in [2.45, 2.75) is 31.7 Å². The number of likely N-dealkylation sites (tertiary alicyclic amines) is 1. The smallest absolute Gasteiger partial charge is 0.306 e. The topological polar surface area (TPSA) is 126 Å². The molecule has 0 spiro atoms. The molecule has 3 aromatic rings. The number of hydrogen-bond donors (Lipinski definition) is 3. The molecule has 1 aliphatic heterocycles. The predicted molar refractivity (Wildman–Crippen MR) is 150 cm³/mol. The van der Waals surface area contributed by atoms with Gasteiger partial charge in [-0.3, -0.25) is 19.8 Å². The number of aryl methyl sites for hydroxylation is 1. The molecule has 8 nitrogen and oxygen atoms in total. The van der Waals surface area contributed by atoms with Crippen LogP contribution in [-0.2, 0) is 20.7 Å². The molecule has 1 heterocycles. The van der Waals surface area contributed by atoms with Crippen LogP contribution in [0.2, 0.25) is 0 Å². The number of nitrogens with two attached hydrogens (primary N) is 1. The van der Waals surface area contributed by atoms with Gasteiger partial charge in [0.1, 0.15) is 5.84 Å². The third-order valence-corrected chi connectivity index (χ3v) is 7.13. The van der Waals surface area contributed by atoms with Gasteiger partial charge < -0.3 is 20.7 Å². The van der Waals surface area contributed by atoms with Gasteiger partial charge in [0.05, 0.1) is 19.4 Å². The van der Waals surface area contributed by atoms with E-state index in [4.69, 9.17) is 15.9 Å². The number of carbonyl (C=O) groups excluding carboxylic acids is 3. The molecule has 0 bridgehead atoms. The molecule has 1 fully saturated rings. The molecule has 4 N–H and O–H groups in total. The number of rotatable bonds is 11. The van der Waals surface area contributed by atoms with Gasteiger partial charge in [-0.15, -0.1) is 0 Å². The Kier molecular flexibility index (Phi) is 9.10. The van der Waals surface area contributed by atoms with E-state index in [1.165, 1.54) is 12.7 Å². The van der Waals surface area contributed by atoms with Crippen molar-refractivity contribution in [3.8, 4) is 11.1 Å². The van der Waals surface area contributed by atoms with Crippen LogP contribution in [0, 0.1) is 11.3 Å². The number of esters is 1. The van der Waals surface area contributed by atoms with Crippen LogP contribution in [0.3, 0.4) is 0 Å². The van der Waals surface area contributed by atoms with E-state index in [1.807, 2.05) is 53.4 Å². The van der Waals surface area contributed by atoms with Crippen molar-refractivity contribution in [3.63, 3.8) is 0 Å². The largest absolute Gasteiger partial charge is 0.469 e. The summed E-state index contributed by atoms with van der Waals surface area (Å²) < 4.78 is 4.80. The summed E-state index contributed by atoms with van der Waals surface area (Å²) in [4.78, 5) is 40.0. The van der Waals surface area contributed by atoms with Crippen molar-refractivity contribution in [1.82, 2.24) is 10.2 Å². The second-order valence-electron chi connectivity index (χ2n) is 9.77. The van der Waals surface area contributed by atoms with Crippen LogP contribution in [0.5, 0.6) is 0 Å². The lowest BCUT2D eigenvalue weighted by Gasteiger charge is -2.25. The first-order valence-corrected chi connectivity index (χ1v) is 13.1. The van der Waals surface area contributed by atoms with Crippen LogP contribution in [-0.4, -0.2) is 54.8 Å². The average Bonchev–Trinajstić information content (AvgIpc) is 3.25. The minimum atomic E-state index is -0.447. The van der Waals surface area contributed by atoms with Crippen molar-refractivity contribution in [2.24, 2.45) is 11.7 Å². The number of methoxy groups -OCH3 is 1. The van der Waals surface area contributed by atoms with Crippen molar-refractivity contribution in [1.29, 1.82) is 5.41 Å². The molecule has 0 aromatic heterocycles. The molecule has 8 heteroatoms. The zero-order valence-corrected chi connectivity index (χ0v) is 22.1. The Labute approximate surface area is 228 Å². The number of hydrogen-bond acceptors (Lipinski definition) is 5. The van der Waals surface area contributed by atoms with Crippen LogP contribution in [0.1, 0.15) is 40.7 Å². The number of amides is 2. The SMILES string of the molecule is COC(=O)C[C@@H]1C[C@@H](CNC(=O)c2cccc(-c3ccc(C(=N)N)cc3)c2)N(CCCc2ccccc2)C1=O.